The zero-order valence-corrected chi connectivity index (χ0v) is 23.4. The minimum Gasteiger partial charge on any atom is -0.497 e. The van der Waals surface area contributed by atoms with Gasteiger partial charge in [0.25, 0.3) is 0 Å². The third-order valence-corrected chi connectivity index (χ3v) is 12.1. The Labute approximate surface area is 210 Å². The number of Topliss-reactive ketones (excluding diaryl/α,β-unsaturated/α-hetero) is 1. The van der Waals surface area contributed by atoms with E-state index in [1.165, 1.54) is 6.92 Å². The van der Waals surface area contributed by atoms with Gasteiger partial charge in [0, 0.05) is 0 Å². The molecule has 2 aromatic carbocycles. The topological polar surface area (TPSA) is 65.1 Å². The molecule has 0 aliphatic carbocycles. The Morgan fingerprint density at radius 1 is 0.914 bits per heavy atom. The van der Waals surface area contributed by atoms with Crippen LogP contribution >= 0.6 is 0 Å². The van der Waals surface area contributed by atoms with Crippen LogP contribution in [-0.2, 0) is 14.0 Å². The number of rotatable bonds is 9. The fourth-order valence-electron chi connectivity index (χ4n) is 4.54. The van der Waals surface area contributed by atoms with Gasteiger partial charge in [-0.3, -0.25) is 9.59 Å². The van der Waals surface area contributed by atoms with E-state index in [0.29, 0.717) is 0 Å². The summed E-state index contributed by atoms with van der Waals surface area (Å²) in [5.74, 6) is 0.499. The highest BCUT2D eigenvalue weighted by Gasteiger charge is 2.56. The van der Waals surface area contributed by atoms with Gasteiger partial charge in [0.2, 0.25) is 5.91 Å². The normalized spacial score (nSPS) is 19.4. The molecule has 3 atom stereocenters. The van der Waals surface area contributed by atoms with Crippen LogP contribution in [0, 0.1) is 5.92 Å². The first kappa shape index (κ1) is 27.0. The number of β-lactam (4-membered cyclic amide) rings is 1. The van der Waals surface area contributed by atoms with E-state index in [4.69, 9.17) is 13.9 Å². The lowest BCUT2D eigenvalue weighted by atomic mass is 9.78. The first-order valence-corrected chi connectivity index (χ1v) is 15.0. The molecule has 3 rings (SSSR count). The minimum atomic E-state index is -2.13. The highest BCUT2D eigenvalue weighted by Crippen LogP contribution is 2.45. The van der Waals surface area contributed by atoms with Crippen molar-refractivity contribution in [3.05, 3.63) is 59.7 Å². The van der Waals surface area contributed by atoms with E-state index in [1.807, 2.05) is 60.4 Å². The fourth-order valence-corrected chi connectivity index (χ4v) is 5.96. The molecular formula is C28H39NO5Si. The SMILES string of the molecule is COc1ccc(C(c2ccc(OC)cc2)N2C(=O)[C@@H](C(C)=O)[C@@H]2[C@H](C)O[Si](C)(C)C(C)(C)C)cc1. The Balaban J connectivity index is 2.07. The molecule has 0 N–H and O–H groups in total. The Morgan fingerprint density at radius 3 is 1.69 bits per heavy atom. The predicted molar refractivity (Wildman–Crippen MR) is 140 cm³/mol. The molecular weight excluding hydrogens is 458 g/mol. The number of benzene rings is 2. The zero-order chi connectivity index (χ0) is 26.1. The molecule has 6 nitrogen and oxygen atoms in total. The van der Waals surface area contributed by atoms with Gasteiger partial charge in [-0.2, -0.15) is 0 Å². The van der Waals surface area contributed by atoms with Gasteiger partial charge in [0.1, 0.15) is 23.2 Å². The zero-order valence-electron chi connectivity index (χ0n) is 22.4. The van der Waals surface area contributed by atoms with Crippen LogP contribution in [0.3, 0.4) is 0 Å². The van der Waals surface area contributed by atoms with Crippen LogP contribution in [0.2, 0.25) is 18.1 Å². The third kappa shape index (κ3) is 5.31. The van der Waals surface area contributed by atoms with Crippen molar-refractivity contribution in [1.29, 1.82) is 0 Å². The summed E-state index contributed by atoms with van der Waals surface area (Å²) in [6, 6.07) is 14.7. The van der Waals surface area contributed by atoms with Crippen LogP contribution in [0.4, 0.5) is 0 Å². The maximum Gasteiger partial charge on any atom is 0.236 e. The first-order valence-electron chi connectivity index (χ1n) is 12.1. The number of likely N-dealkylation sites (tertiary alicyclic amines) is 1. The molecule has 190 valence electrons. The van der Waals surface area contributed by atoms with Gasteiger partial charge in [-0.25, -0.2) is 0 Å². The summed E-state index contributed by atoms with van der Waals surface area (Å²) in [6.45, 7) is 14.5. The largest absolute Gasteiger partial charge is 0.497 e. The molecule has 1 amide bonds. The van der Waals surface area contributed by atoms with Crippen molar-refractivity contribution in [2.75, 3.05) is 14.2 Å². The Kier molecular flexibility index (Phi) is 7.82. The monoisotopic (exact) mass is 497 g/mol. The summed E-state index contributed by atoms with van der Waals surface area (Å²) in [5, 5.41) is 0.0108. The van der Waals surface area contributed by atoms with Crippen LogP contribution in [0.15, 0.2) is 48.5 Å². The number of methoxy groups -OCH3 is 2. The average Bonchev–Trinajstić information content (AvgIpc) is 2.79. The summed E-state index contributed by atoms with van der Waals surface area (Å²) in [7, 11) is 1.12. The molecule has 7 heteroatoms. The minimum absolute atomic E-state index is 0.0108. The van der Waals surface area contributed by atoms with Crippen LogP contribution in [0.1, 0.15) is 51.8 Å². The number of amides is 1. The van der Waals surface area contributed by atoms with Crippen LogP contribution in [0.5, 0.6) is 11.5 Å². The Hall–Kier alpha value is -2.64. The van der Waals surface area contributed by atoms with Gasteiger partial charge in [0.15, 0.2) is 8.32 Å². The van der Waals surface area contributed by atoms with Crippen molar-refractivity contribution in [2.45, 2.75) is 70.9 Å². The van der Waals surface area contributed by atoms with Gasteiger partial charge in [-0.05, 0) is 67.4 Å². The second-order valence-electron chi connectivity index (χ2n) is 10.9. The van der Waals surface area contributed by atoms with Crippen molar-refractivity contribution >= 4 is 20.0 Å². The first-order chi connectivity index (χ1) is 16.3. The number of hydrogen-bond acceptors (Lipinski definition) is 5. The molecule has 1 saturated heterocycles. The van der Waals surface area contributed by atoms with Crippen LogP contribution < -0.4 is 9.47 Å². The van der Waals surface area contributed by atoms with E-state index in [2.05, 4.69) is 33.9 Å². The molecule has 0 aromatic heterocycles. The number of nitrogens with zero attached hydrogens (tertiary/aromatic N) is 1. The molecule has 1 fully saturated rings. The summed E-state index contributed by atoms with van der Waals surface area (Å²) < 4.78 is 17.4. The van der Waals surface area contributed by atoms with Gasteiger partial charge < -0.3 is 18.8 Å². The van der Waals surface area contributed by atoms with E-state index in [1.54, 1.807) is 14.2 Å². The molecule has 0 radical (unpaired) electrons. The van der Waals surface area contributed by atoms with Crippen molar-refractivity contribution in [2.24, 2.45) is 5.92 Å². The Morgan fingerprint density at radius 2 is 1.34 bits per heavy atom. The lowest BCUT2D eigenvalue weighted by molar-refractivity contribution is -0.170. The summed E-state index contributed by atoms with van der Waals surface area (Å²) in [4.78, 5) is 28.0. The molecule has 1 heterocycles. The maximum absolute atomic E-state index is 13.5. The van der Waals surface area contributed by atoms with E-state index in [9.17, 15) is 9.59 Å². The van der Waals surface area contributed by atoms with Gasteiger partial charge >= 0.3 is 0 Å². The van der Waals surface area contributed by atoms with Crippen molar-refractivity contribution < 1.29 is 23.5 Å². The molecule has 1 aliphatic rings. The molecule has 0 spiro atoms. The number of carbonyl (C=O) groups is 2. The number of hydrogen-bond donors (Lipinski definition) is 0. The van der Waals surface area contributed by atoms with Crippen molar-refractivity contribution in [3.8, 4) is 11.5 Å². The summed E-state index contributed by atoms with van der Waals surface area (Å²) >= 11 is 0. The van der Waals surface area contributed by atoms with Crippen LogP contribution in [0.25, 0.3) is 0 Å². The van der Waals surface area contributed by atoms with Gasteiger partial charge in [-0.15, -0.1) is 0 Å². The molecule has 2 aromatic rings. The van der Waals surface area contributed by atoms with Crippen molar-refractivity contribution in [3.63, 3.8) is 0 Å². The Bertz CT molecular complexity index is 995. The number of carbonyl (C=O) groups excluding carboxylic acids is 2. The smallest absolute Gasteiger partial charge is 0.236 e. The van der Waals surface area contributed by atoms with Crippen LogP contribution in [-0.4, -0.2) is 51.3 Å². The number of ketones is 1. The average molecular weight is 498 g/mol. The summed E-state index contributed by atoms with van der Waals surface area (Å²) in [5.41, 5.74) is 1.88. The number of ether oxygens (including phenoxy) is 2. The van der Waals surface area contributed by atoms with E-state index in [0.717, 1.165) is 22.6 Å². The van der Waals surface area contributed by atoms with Gasteiger partial charge in [-0.1, -0.05) is 45.0 Å². The van der Waals surface area contributed by atoms with Gasteiger partial charge in [0.05, 0.1) is 32.4 Å². The fraction of sp³-hybridized carbons (Fsp3) is 0.500. The molecule has 35 heavy (non-hydrogen) atoms. The highest BCUT2D eigenvalue weighted by molar-refractivity contribution is 6.74. The second-order valence-corrected chi connectivity index (χ2v) is 15.6. The third-order valence-electron chi connectivity index (χ3n) is 7.53. The predicted octanol–water partition coefficient (Wildman–Crippen LogP) is 5.62. The molecule has 1 aliphatic heterocycles. The lowest BCUT2D eigenvalue weighted by Gasteiger charge is -2.54. The quantitative estimate of drug-likeness (QED) is 0.256. The highest BCUT2D eigenvalue weighted by atomic mass is 28.4. The molecule has 0 bridgehead atoms. The van der Waals surface area contributed by atoms with E-state index >= 15 is 0 Å². The summed E-state index contributed by atoms with van der Waals surface area (Å²) in [6.07, 6.45) is -0.290. The lowest BCUT2D eigenvalue weighted by Crippen LogP contribution is -2.69. The van der Waals surface area contributed by atoms with E-state index in [-0.39, 0.29) is 34.9 Å². The van der Waals surface area contributed by atoms with Crippen molar-refractivity contribution in [1.82, 2.24) is 4.90 Å². The maximum atomic E-state index is 13.5. The molecule has 0 unspecified atom stereocenters. The van der Waals surface area contributed by atoms with E-state index < -0.39 is 14.2 Å². The standard InChI is InChI=1S/C28H39NO5Si/c1-18(30)24-25(19(2)34-35(8,9)28(3,4)5)29(27(24)31)26(20-10-14-22(32-6)15-11-20)21-12-16-23(33-7)17-13-21/h10-17,19,24-26H,1-9H3/t19-,24-,25-/m0/s1. The second kappa shape index (κ2) is 10.2. The molecule has 0 saturated carbocycles.